The summed E-state index contributed by atoms with van der Waals surface area (Å²) < 4.78 is 5.76. The first kappa shape index (κ1) is 19.7. The van der Waals surface area contributed by atoms with Crippen LogP contribution >= 0.6 is 11.6 Å². The summed E-state index contributed by atoms with van der Waals surface area (Å²) in [6.45, 7) is 1.80. The van der Waals surface area contributed by atoms with E-state index in [1.807, 2.05) is 66.7 Å². The van der Waals surface area contributed by atoms with Crippen LogP contribution in [0.1, 0.15) is 16.8 Å². The van der Waals surface area contributed by atoms with Gasteiger partial charge in [0.1, 0.15) is 12.4 Å². The predicted molar refractivity (Wildman–Crippen MR) is 114 cm³/mol. The van der Waals surface area contributed by atoms with E-state index in [9.17, 15) is 0 Å². The smallest absolute Gasteiger partial charge is 0.191 e. The minimum Gasteiger partial charge on any atom is -0.487 e. The van der Waals surface area contributed by atoms with E-state index in [2.05, 4.69) is 20.6 Å². The number of rotatable bonds is 7. The lowest BCUT2D eigenvalue weighted by atomic mass is 10.2. The van der Waals surface area contributed by atoms with Crippen molar-refractivity contribution < 1.29 is 4.74 Å². The minimum absolute atomic E-state index is 0.458. The van der Waals surface area contributed by atoms with Crippen molar-refractivity contribution in [1.82, 2.24) is 15.6 Å². The largest absolute Gasteiger partial charge is 0.487 e. The van der Waals surface area contributed by atoms with Crippen LogP contribution in [0.25, 0.3) is 0 Å². The monoisotopic (exact) mass is 394 g/mol. The fourth-order valence-electron chi connectivity index (χ4n) is 2.54. The normalized spacial score (nSPS) is 11.1. The van der Waals surface area contributed by atoms with Gasteiger partial charge in [0.2, 0.25) is 0 Å². The van der Waals surface area contributed by atoms with Gasteiger partial charge in [-0.1, -0.05) is 41.9 Å². The lowest BCUT2D eigenvalue weighted by Crippen LogP contribution is -2.36. The summed E-state index contributed by atoms with van der Waals surface area (Å²) in [5.41, 5.74) is 3.19. The van der Waals surface area contributed by atoms with Gasteiger partial charge in [-0.3, -0.25) is 9.98 Å². The Morgan fingerprint density at radius 2 is 1.57 bits per heavy atom. The number of benzene rings is 2. The van der Waals surface area contributed by atoms with E-state index in [0.29, 0.717) is 19.7 Å². The Bertz CT molecular complexity index is 881. The van der Waals surface area contributed by atoms with Crippen LogP contribution in [0.15, 0.2) is 77.9 Å². The second-order valence-corrected chi connectivity index (χ2v) is 6.60. The molecule has 1 heterocycles. The molecule has 5 nitrogen and oxygen atoms in total. The molecule has 1 aromatic heterocycles. The van der Waals surface area contributed by atoms with Crippen LogP contribution in [0.3, 0.4) is 0 Å². The van der Waals surface area contributed by atoms with Gasteiger partial charge in [0.15, 0.2) is 5.96 Å². The number of halogens is 1. The van der Waals surface area contributed by atoms with Gasteiger partial charge in [-0.2, -0.15) is 0 Å². The van der Waals surface area contributed by atoms with Crippen LogP contribution in [-0.4, -0.2) is 18.0 Å². The highest BCUT2D eigenvalue weighted by atomic mass is 35.5. The Balaban J connectivity index is 1.44. The lowest BCUT2D eigenvalue weighted by molar-refractivity contribution is 0.301. The van der Waals surface area contributed by atoms with Crippen molar-refractivity contribution in [3.05, 3.63) is 94.8 Å². The summed E-state index contributed by atoms with van der Waals surface area (Å²) >= 11 is 5.91. The fraction of sp³-hybridized carbons (Fsp3) is 0.182. The van der Waals surface area contributed by atoms with Crippen LogP contribution < -0.4 is 15.4 Å². The average molecular weight is 395 g/mol. The van der Waals surface area contributed by atoms with Crippen molar-refractivity contribution in [1.29, 1.82) is 0 Å². The quantitative estimate of drug-likeness (QED) is 0.466. The number of nitrogens with one attached hydrogen (secondary N) is 2. The molecule has 0 bridgehead atoms. The van der Waals surface area contributed by atoms with Crippen LogP contribution in [0.5, 0.6) is 5.75 Å². The Morgan fingerprint density at radius 3 is 2.14 bits per heavy atom. The number of ether oxygens (including phenoxy) is 1. The zero-order valence-electron chi connectivity index (χ0n) is 15.7. The summed E-state index contributed by atoms with van der Waals surface area (Å²) in [7, 11) is 1.76. The molecule has 0 aliphatic rings. The molecule has 0 saturated heterocycles. The maximum Gasteiger partial charge on any atom is 0.191 e. The molecule has 6 heteroatoms. The van der Waals surface area contributed by atoms with Crippen molar-refractivity contribution in [2.45, 2.75) is 19.7 Å². The molecule has 0 fully saturated rings. The predicted octanol–water partition coefficient (Wildman–Crippen LogP) is 4.18. The first-order valence-corrected chi connectivity index (χ1v) is 9.41. The molecule has 144 valence electrons. The zero-order chi connectivity index (χ0) is 19.6. The van der Waals surface area contributed by atoms with E-state index in [1.54, 1.807) is 13.2 Å². The number of aliphatic imine (C=N–C) groups is 1. The molecule has 0 radical (unpaired) electrons. The molecule has 3 rings (SSSR count). The van der Waals surface area contributed by atoms with E-state index in [-0.39, 0.29) is 0 Å². The molecule has 0 aliphatic heterocycles. The van der Waals surface area contributed by atoms with Crippen LogP contribution in [0.4, 0.5) is 0 Å². The minimum atomic E-state index is 0.458. The molecular formula is C22H23ClN4O. The van der Waals surface area contributed by atoms with Gasteiger partial charge in [-0.15, -0.1) is 0 Å². The Morgan fingerprint density at radius 1 is 0.929 bits per heavy atom. The van der Waals surface area contributed by atoms with Gasteiger partial charge < -0.3 is 15.4 Å². The number of hydrogen-bond acceptors (Lipinski definition) is 3. The highest BCUT2D eigenvalue weighted by Crippen LogP contribution is 2.14. The van der Waals surface area contributed by atoms with E-state index < -0.39 is 0 Å². The maximum absolute atomic E-state index is 5.91. The van der Waals surface area contributed by atoms with Crippen molar-refractivity contribution in [3.63, 3.8) is 0 Å². The van der Waals surface area contributed by atoms with E-state index in [4.69, 9.17) is 16.3 Å². The van der Waals surface area contributed by atoms with Gasteiger partial charge in [-0.05, 0) is 47.5 Å². The van der Waals surface area contributed by atoms with Crippen molar-refractivity contribution in [2.24, 2.45) is 4.99 Å². The molecule has 28 heavy (non-hydrogen) atoms. The van der Waals surface area contributed by atoms with Gasteiger partial charge >= 0.3 is 0 Å². The fourth-order valence-corrected chi connectivity index (χ4v) is 2.66. The third-order valence-corrected chi connectivity index (χ3v) is 4.34. The first-order chi connectivity index (χ1) is 13.7. The topological polar surface area (TPSA) is 58.5 Å². The molecule has 0 saturated carbocycles. The van der Waals surface area contributed by atoms with Gasteiger partial charge in [-0.25, -0.2) is 0 Å². The molecular weight excluding hydrogens is 372 g/mol. The van der Waals surface area contributed by atoms with Crippen molar-refractivity contribution >= 4 is 17.6 Å². The molecule has 0 amide bonds. The third kappa shape index (κ3) is 6.28. The van der Waals surface area contributed by atoms with E-state index in [0.717, 1.165) is 33.6 Å². The Labute approximate surface area is 170 Å². The molecule has 0 atom stereocenters. The highest BCUT2D eigenvalue weighted by Gasteiger charge is 2.01. The zero-order valence-corrected chi connectivity index (χ0v) is 16.5. The average Bonchev–Trinajstić information content (AvgIpc) is 2.75. The number of nitrogens with zero attached hydrogens (tertiary/aromatic N) is 2. The number of guanidine groups is 1. The van der Waals surface area contributed by atoms with Gasteiger partial charge in [0.25, 0.3) is 0 Å². The molecule has 2 aromatic carbocycles. The van der Waals surface area contributed by atoms with Crippen LogP contribution in [0, 0.1) is 0 Å². The Kier molecular flexibility index (Phi) is 7.27. The molecule has 0 aliphatic carbocycles. The van der Waals surface area contributed by atoms with Gasteiger partial charge in [0.05, 0.1) is 5.69 Å². The first-order valence-electron chi connectivity index (χ1n) is 9.03. The molecule has 0 spiro atoms. The summed E-state index contributed by atoms with van der Waals surface area (Å²) in [5.74, 6) is 1.56. The van der Waals surface area contributed by atoms with Crippen molar-refractivity contribution in [3.8, 4) is 5.75 Å². The van der Waals surface area contributed by atoms with Crippen LogP contribution in [0.2, 0.25) is 5.02 Å². The molecule has 0 unspecified atom stereocenters. The number of aromatic nitrogens is 1. The summed E-state index contributed by atoms with van der Waals surface area (Å²) in [6.07, 6.45) is 1.77. The third-order valence-electron chi connectivity index (χ3n) is 4.09. The molecule has 3 aromatic rings. The highest BCUT2D eigenvalue weighted by molar-refractivity contribution is 6.30. The van der Waals surface area contributed by atoms with Crippen molar-refractivity contribution in [2.75, 3.05) is 7.05 Å². The standard InChI is InChI=1S/C22H23ClN4O/c1-24-22(26-14-17-5-9-19(23)10-6-17)27-15-18-7-11-21(12-8-18)28-16-20-4-2-3-13-25-20/h2-13H,14-16H2,1H3,(H2,24,26,27). The van der Waals surface area contributed by atoms with Gasteiger partial charge in [0, 0.05) is 31.4 Å². The maximum atomic E-state index is 5.91. The summed E-state index contributed by atoms with van der Waals surface area (Å²) in [5, 5.41) is 7.33. The van der Waals surface area contributed by atoms with Crippen LogP contribution in [-0.2, 0) is 19.7 Å². The van der Waals surface area contributed by atoms with E-state index >= 15 is 0 Å². The Hall–Kier alpha value is -3.05. The van der Waals surface area contributed by atoms with E-state index in [1.165, 1.54) is 0 Å². The number of hydrogen-bond donors (Lipinski definition) is 2. The summed E-state index contributed by atoms with van der Waals surface area (Å²) in [4.78, 5) is 8.50. The summed E-state index contributed by atoms with van der Waals surface area (Å²) in [6, 6.07) is 21.5. The molecule has 2 N–H and O–H groups in total. The SMILES string of the molecule is CN=C(NCc1ccc(Cl)cc1)NCc1ccc(OCc2ccccn2)cc1. The lowest BCUT2D eigenvalue weighted by Gasteiger charge is -2.12. The number of pyridine rings is 1. The second-order valence-electron chi connectivity index (χ2n) is 6.16. The second kappa shape index (κ2) is 10.3.